The van der Waals surface area contributed by atoms with Crippen molar-refractivity contribution in [1.82, 2.24) is 10.2 Å². The lowest BCUT2D eigenvalue weighted by Crippen LogP contribution is -2.47. The lowest BCUT2D eigenvalue weighted by molar-refractivity contribution is 0.0600. The number of methoxy groups -OCH3 is 1. The third kappa shape index (κ3) is 5.78. The fourth-order valence-electron chi connectivity index (χ4n) is 3.25. The molecule has 0 bridgehead atoms. The molecule has 0 heterocycles. The molecular weight excluding hydrogens is 240 g/mol. The third-order valence-electron chi connectivity index (χ3n) is 4.47. The van der Waals surface area contributed by atoms with Crippen LogP contribution in [0.2, 0.25) is 0 Å². The fraction of sp³-hybridized carbons (Fsp3) is 1.00. The molecular formula is C15H32N2O2. The standard InChI is InChI=1S/C15H32N2O2/c1-14-4-6-15(7-5-14,12-16-2)13-17(8-10-18)9-11-19-3/h14,16,18H,4-13H2,1-3H3. The number of aliphatic hydroxyl groups excluding tert-OH is 1. The van der Waals surface area contributed by atoms with E-state index in [9.17, 15) is 5.11 Å². The van der Waals surface area contributed by atoms with E-state index in [0.29, 0.717) is 5.41 Å². The maximum Gasteiger partial charge on any atom is 0.0589 e. The average molecular weight is 272 g/mol. The molecule has 0 amide bonds. The van der Waals surface area contributed by atoms with Gasteiger partial charge in [-0.3, -0.25) is 4.90 Å². The summed E-state index contributed by atoms with van der Waals surface area (Å²) in [7, 11) is 3.79. The van der Waals surface area contributed by atoms with Gasteiger partial charge in [0.05, 0.1) is 13.2 Å². The molecule has 0 atom stereocenters. The van der Waals surface area contributed by atoms with Crippen molar-refractivity contribution in [2.45, 2.75) is 32.6 Å². The normalized spacial score (nSPS) is 27.9. The van der Waals surface area contributed by atoms with Gasteiger partial charge in [0.15, 0.2) is 0 Å². The Morgan fingerprint density at radius 2 is 2.00 bits per heavy atom. The van der Waals surface area contributed by atoms with E-state index in [1.165, 1.54) is 25.7 Å². The van der Waals surface area contributed by atoms with Crippen molar-refractivity contribution in [3.63, 3.8) is 0 Å². The first-order valence-corrected chi connectivity index (χ1v) is 7.62. The maximum atomic E-state index is 9.22. The Labute approximate surface area is 118 Å². The molecule has 4 heteroatoms. The van der Waals surface area contributed by atoms with Crippen LogP contribution in [0.3, 0.4) is 0 Å². The summed E-state index contributed by atoms with van der Waals surface area (Å²) in [5.41, 5.74) is 0.379. The minimum atomic E-state index is 0.232. The largest absolute Gasteiger partial charge is 0.395 e. The van der Waals surface area contributed by atoms with E-state index >= 15 is 0 Å². The van der Waals surface area contributed by atoms with Crippen molar-refractivity contribution < 1.29 is 9.84 Å². The van der Waals surface area contributed by atoms with Crippen molar-refractivity contribution in [2.75, 3.05) is 53.6 Å². The second kappa shape index (κ2) is 8.90. The van der Waals surface area contributed by atoms with Crippen molar-refractivity contribution in [3.05, 3.63) is 0 Å². The summed E-state index contributed by atoms with van der Waals surface area (Å²) in [6.45, 7) is 7.16. The van der Waals surface area contributed by atoms with Crippen LogP contribution in [-0.2, 0) is 4.74 Å². The van der Waals surface area contributed by atoms with E-state index in [-0.39, 0.29) is 6.61 Å². The van der Waals surface area contributed by atoms with Gasteiger partial charge in [0.25, 0.3) is 0 Å². The molecule has 2 N–H and O–H groups in total. The van der Waals surface area contributed by atoms with Crippen LogP contribution in [0.4, 0.5) is 0 Å². The Balaban J connectivity index is 2.58. The highest BCUT2D eigenvalue weighted by Crippen LogP contribution is 2.39. The summed E-state index contributed by atoms with van der Waals surface area (Å²) in [6.07, 6.45) is 5.26. The van der Waals surface area contributed by atoms with E-state index in [1.54, 1.807) is 7.11 Å². The van der Waals surface area contributed by atoms with Crippen LogP contribution in [0.15, 0.2) is 0 Å². The molecule has 0 spiro atoms. The van der Waals surface area contributed by atoms with Crippen LogP contribution in [0.5, 0.6) is 0 Å². The Hall–Kier alpha value is -0.160. The van der Waals surface area contributed by atoms with Gasteiger partial charge in [-0.15, -0.1) is 0 Å². The molecule has 1 fully saturated rings. The van der Waals surface area contributed by atoms with Crippen molar-refractivity contribution >= 4 is 0 Å². The molecule has 0 aromatic carbocycles. The summed E-state index contributed by atoms with van der Waals surface area (Å²) < 4.78 is 5.18. The molecule has 1 aliphatic carbocycles. The monoisotopic (exact) mass is 272 g/mol. The number of aliphatic hydroxyl groups is 1. The molecule has 1 saturated carbocycles. The van der Waals surface area contributed by atoms with E-state index in [4.69, 9.17) is 4.74 Å². The minimum Gasteiger partial charge on any atom is -0.395 e. The van der Waals surface area contributed by atoms with E-state index < -0.39 is 0 Å². The topological polar surface area (TPSA) is 44.7 Å². The van der Waals surface area contributed by atoms with Gasteiger partial charge in [-0.2, -0.15) is 0 Å². The first kappa shape index (κ1) is 16.9. The van der Waals surface area contributed by atoms with Gasteiger partial charge in [-0.1, -0.05) is 19.8 Å². The smallest absolute Gasteiger partial charge is 0.0589 e. The van der Waals surface area contributed by atoms with Gasteiger partial charge in [-0.25, -0.2) is 0 Å². The Kier molecular flexibility index (Phi) is 7.91. The molecule has 0 radical (unpaired) electrons. The maximum absolute atomic E-state index is 9.22. The quantitative estimate of drug-likeness (QED) is 0.665. The average Bonchev–Trinajstić information content (AvgIpc) is 2.40. The van der Waals surface area contributed by atoms with Crippen LogP contribution >= 0.6 is 0 Å². The van der Waals surface area contributed by atoms with Gasteiger partial charge in [0.2, 0.25) is 0 Å². The highest BCUT2D eigenvalue weighted by molar-refractivity contribution is 4.89. The zero-order chi connectivity index (χ0) is 14.1. The third-order valence-corrected chi connectivity index (χ3v) is 4.47. The first-order valence-electron chi connectivity index (χ1n) is 7.62. The second-order valence-corrected chi connectivity index (χ2v) is 6.21. The molecule has 0 aliphatic heterocycles. The molecule has 114 valence electrons. The van der Waals surface area contributed by atoms with Gasteiger partial charge >= 0.3 is 0 Å². The second-order valence-electron chi connectivity index (χ2n) is 6.21. The zero-order valence-electron chi connectivity index (χ0n) is 13.0. The first-order chi connectivity index (χ1) is 9.15. The van der Waals surface area contributed by atoms with Crippen LogP contribution in [0.25, 0.3) is 0 Å². The number of hydrogen-bond acceptors (Lipinski definition) is 4. The summed E-state index contributed by atoms with van der Waals surface area (Å²) in [5.74, 6) is 0.871. The van der Waals surface area contributed by atoms with Crippen molar-refractivity contribution in [2.24, 2.45) is 11.3 Å². The predicted octanol–water partition coefficient (Wildman–Crippen LogP) is 1.34. The van der Waals surface area contributed by atoms with Gasteiger partial charge < -0.3 is 15.2 Å². The number of nitrogens with zero attached hydrogens (tertiary/aromatic N) is 1. The molecule has 0 aromatic heterocycles. The Bertz CT molecular complexity index is 228. The molecule has 19 heavy (non-hydrogen) atoms. The predicted molar refractivity (Wildman–Crippen MR) is 79.4 cm³/mol. The van der Waals surface area contributed by atoms with Crippen LogP contribution in [0.1, 0.15) is 32.6 Å². The van der Waals surface area contributed by atoms with E-state index in [1.807, 2.05) is 7.05 Å². The summed E-state index contributed by atoms with van der Waals surface area (Å²) in [4.78, 5) is 2.36. The summed E-state index contributed by atoms with van der Waals surface area (Å²) >= 11 is 0. The molecule has 0 saturated heterocycles. The minimum absolute atomic E-state index is 0.232. The van der Waals surface area contributed by atoms with E-state index in [0.717, 1.165) is 38.7 Å². The summed E-state index contributed by atoms with van der Waals surface area (Å²) in [6, 6.07) is 0. The SMILES string of the molecule is CNCC1(CN(CCO)CCOC)CCC(C)CC1. The highest BCUT2D eigenvalue weighted by Gasteiger charge is 2.35. The van der Waals surface area contributed by atoms with Gasteiger partial charge in [0.1, 0.15) is 0 Å². The zero-order valence-corrected chi connectivity index (χ0v) is 13.0. The van der Waals surface area contributed by atoms with Gasteiger partial charge in [-0.05, 0) is 31.2 Å². The molecule has 0 aromatic rings. The van der Waals surface area contributed by atoms with Crippen molar-refractivity contribution in [1.29, 1.82) is 0 Å². The van der Waals surface area contributed by atoms with Crippen LogP contribution < -0.4 is 5.32 Å². The van der Waals surface area contributed by atoms with Crippen LogP contribution in [-0.4, -0.2) is 63.6 Å². The number of hydrogen-bond donors (Lipinski definition) is 2. The Morgan fingerprint density at radius 3 is 2.53 bits per heavy atom. The summed E-state index contributed by atoms with van der Waals surface area (Å²) in [5, 5.41) is 12.6. The Morgan fingerprint density at radius 1 is 1.32 bits per heavy atom. The van der Waals surface area contributed by atoms with Gasteiger partial charge in [0, 0.05) is 33.3 Å². The molecule has 4 nitrogen and oxygen atoms in total. The lowest BCUT2D eigenvalue weighted by Gasteiger charge is -2.42. The molecule has 0 unspecified atom stereocenters. The number of nitrogens with one attached hydrogen (secondary N) is 1. The fourth-order valence-corrected chi connectivity index (χ4v) is 3.25. The van der Waals surface area contributed by atoms with Crippen LogP contribution in [0, 0.1) is 11.3 Å². The highest BCUT2D eigenvalue weighted by atomic mass is 16.5. The molecule has 1 aliphatic rings. The molecule has 1 rings (SSSR count). The number of ether oxygens (including phenoxy) is 1. The van der Waals surface area contributed by atoms with Crippen molar-refractivity contribution in [3.8, 4) is 0 Å². The lowest BCUT2D eigenvalue weighted by atomic mass is 9.70. The van der Waals surface area contributed by atoms with E-state index in [2.05, 4.69) is 17.1 Å². The number of rotatable bonds is 9.